The summed E-state index contributed by atoms with van der Waals surface area (Å²) in [5, 5.41) is 10.2. The van der Waals surface area contributed by atoms with Crippen LogP contribution in [-0.2, 0) is 6.42 Å². The third-order valence-corrected chi connectivity index (χ3v) is 5.20. The molecule has 4 heteroatoms. The number of allylic oxidation sites excluding steroid dienone is 1. The fourth-order valence-corrected chi connectivity index (χ4v) is 3.57. The van der Waals surface area contributed by atoms with Gasteiger partial charge in [-0.25, -0.2) is 0 Å². The van der Waals surface area contributed by atoms with Crippen LogP contribution in [0.15, 0.2) is 30.9 Å². The molecule has 0 aromatic heterocycles. The molecule has 3 rings (SSSR count). The first-order valence-electron chi connectivity index (χ1n) is 8.37. The van der Waals surface area contributed by atoms with Crippen LogP contribution in [0.4, 0.5) is 0 Å². The van der Waals surface area contributed by atoms with Crippen molar-refractivity contribution >= 4 is 5.91 Å². The van der Waals surface area contributed by atoms with E-state index in [4.69, 9.17) is 4.74 Å². The summed E-state index contributed by atoms with van der Waals surface area (Å²) in [4.78, 5) is 14.6. The number of rotatable bonds is 5. The van der Waals surface area contributed by atoms with Gasteiger partial charge < -0.3 is 14.7 Å². The van der Waals surface area contributed by atoms with Crippen LogP contribution in [0.5, 0.6) is 5.75 Å². The number of carbonyl (C=O) groups is 1. The van der Waals surface area contributed by atoms with Gasteiger partial charge in [0.15, 0.2) is 0 Å². The summed E-state index contributed by atoms with van der Waals surface area (Å²) in [5.74, 6) is 1.22. The average Bonchev–Trinajstić information content (AvgIpc) is 3.33. The van der Waals surface area contributed by atoms with Gasteiger partial charge in [0.25, 0.3) is 5.91 Å². The second-order valence-corrected chi connectivity index (χ2v) is 6.69. The molecule has 1 heterocycles. The highest BCUT2D eigenvalue weighted by atomic mass is 16.5. The van der Waals surface area contributed by atoms with Crippen LogP contribution in [0.2, 0.25) is 0 Å². The Hall–Kier alpha value is -1.81. The number of amides is 1. The minimum Gasteiger partial charge on any atom is -0.496 e. The van der Waals surface area contributed by atoms with Crippen LogP contribution in [0, 0.1) is 5.92 Å². The zero-order valence-electron chi connectivity index (χ0n) is 13.8. The number of carbonyl (C=O) groups excluding carboxylic acids is 1. The second-order valence-electron chi connectivity index (χ2n) is 6.69. The number of benzene rings is 1. The van der Waals surface area contributed by atoms with Crippen molar-refractivity contribution in [2.75, 3.05) is 20.2 Å². The number of likely N-dealkylation sites (tertiary alicyclic amines) is 1. The Morgan fingerprint density at radius 2 is 2.13 bits per heavy atom. The van der Waals surface area contributed by atoms with Crippen LogP contribution in [0.25, 0.3) is 0 Å². The third kappa shape index (κ3) is 3.27. The van der Waals surface area contributed by atoms with Gasteiger partial charge in [-0.1, -0.05) is 6.08 Å². The highest BCUT2D eigenvalue weighted by Gasteiger charge is 2.48. The van der Waals surface area contributed by atoms with E-state index in [0.717, 1.165) is 50.1 Å². The quantitative estimate of drug-likeness (QED) is 0.850. The Morgan fingerprint density at radius 1 is 1.43 bits per heavy atom. The number of aliphatic hydroxyl groups is 1. The molecule has 1 aliphatic heterocycles. The molecular formula is C19H25NO3. The van der Waals surface area contributed by atoms with Crippen molar-refractivity contribution in [3.63, 3.8) is 0 Å². The van der Waals surface area contributed by atoms with Crippen LogP contribution >= 0.6 is 0 Å². The van der Waals surface area contributed by atoms with Crippen molar-refractivity contribution in [1.82, 2.24) is 4.90 Å². The van der Waals surface area contributed by atoms with Gasteiger partial charge in [-0.3, -0.25) is 4.79 Å². The molecular weight excluding hydrogens is 290 g/mol. The molecule has 4 nitrogen and oxygen atoms in total. The van der Waals surface area contributed by atoms with Gasteiger partial charge in [0.1, 0.15) is 5.75 Å². The molecule has 0 unspecified atom stereocenters. The lowest BCUT2D eigenvalue weighted by Gasteiger charge is -2.34. The molecule has 1 N–H and O–H groups in total. The molecule has 0 atom stereocenters. The maximum absolute atomic E-state index is 12.7. The van der Waals surface area contributed by atoms with E-state index < -0.39 is 5.60 Å². The maximum atomic E-state index is 12.7. The third-order valence-electron chi connectivity index (χ3n) is 5.20. The lowest BCUT2D eigenvalue weighted by molar-refractivity contribution is 0.0340. The van der Waals surface area contributed by atoms with Crippen molar-refractivity contribution in [1.29, 1.82) is 0 Å². The number of hydrogen-bond acceptors (Lipinski definition) is 3. The molecule has 2 fully saturated rings. The largest absolute Gasteiger partial charge is 0.496 e. The van der Waals surface area contributed by atoms with E-state index in [1.165, 1.54) is 0 Å². The number of ether oxygens (including phenoxy) is 1. The molecule has 1 aromatic rings. The second kappa shape index (κ2) is 6.36. The molecule has 0 bridgehead atoms. The van der Waals surface area contributed by atoms with Crippen molar-refractivity contribution in [2.24, 2.45) is 5.92 Å². The Balaban J connectivity index is 1.68. The molecule has 0 radical (unpaired) electrons. The maximum Gasteiger partial charge on any atom is 0.253 e. The van der Waals surface area contributed by atoms with Gasteiger partial charge in [-0.2, -0.15) is 0 Å². The van der Waals surface area contributed by atoms with E-state index in [1.54, 1.807) is 7.11 Å². The predicted molar refractivity (Wildman–Crippen MR) is 89.7 cm³/mol. The summed E-state index contributed by atoms with van der Waals surface area (Å²) in [5.41, 5.74) is 1.26. The van der Waals surface area contributed by atoms with Crippen LogP contribution < -0.4 is 4.74 Å². The molecule has 23 heavy (non-hydrogen) atoms. The van der Waals surface area contributed by atoms with Gasteiger partial charge in [-0.15, -0.1) is 6.58 Å². The van der Waals surface area contributed by atoms with Gasteiger partial charge in [-0.05, 0) is 61.8 Å². The van der Waals surface area contributed by atoms with E-state index in [2.05, 4.69) is 6.58 Å². The normalized spacial score (nSPS) is 20.2. The molecule has 2 aliphatic rings. The standard InChI is InChI=1S/C19H25NO3/c1-3-4-14-13-15(5-6-17(14)23-2)18(21)20-11-7-16(8-12-20)19(22)9-10-19/h3,5-6,13,16,22H,1,4,7-12H2,2H3. The number of methoxy groups -OCH3 is 1. The lowest BCUT2D eigenvalue weighted by atomic mass is 9.89. The van der Waals surface area contributed by atoms with E-state index in [1.807, 2.05) is 29.2 Å². The van der Waals surface area contributed by atoms with Gasteiger partial charge in [0, 0.05) is 18.7 Å². The summed E-state index contributed by atoms with van der Waals surface area (Å²) in [6, 6.07) is 5.59. The topological polar surface area (TPSA) is 49.8 Å². The zero-order valence-corrected chi connectivity index (χ0v) is 13.8. The first-order chi connectivity index (χ1) is 11.1. The summed E-state index contributed by atoms with van der Waals surface area (Å²) in [7, 11) is 1.64. The SMILES string of the molecule is C=CCc1cc(C(=O)N2CCC(C3(O)CC3)CC2)ccc1OC. The molecule has 0 spiro atoms. The summed E-state index contributed by atoms with van der Waals surface area (Å²) < 4.78 is 5.34. The minimum atomic E-state index is -0.424. The smallest absolute Gasteiger partial charge is 0.253 e. The number of piperidine rings is 1. The highest BCUT2D eigenvalue weighted by molar-refractivity contribution is 5.94. The van der Waals surface area contributed by atoms with E-state index >= 15 is 0 Å². The van der Waals surface area contributed by atoms with Crippen LogP contribution in [0.3, 0.4) is 0 Å². The molecule has 1 saturated heterocycles. The Morgan fingerprint density at radius 3 is 2.70 bits per heavy atom. The lowest BCUT2D eigenvalue weighted by Crippen LogP contribution is -2.41. The molecule has 124 valence electrons. The Bertz CT molecular complexity index is 599. The van der Waals surface area contributed by atoms with Gasteiger partial charge in [0.05, 0.1) is 12.7 Å². The zero-order chi connectivity index (χ0) is 16.4. The first kappa shape index (κ1) is 16.1. The highest BCUT2D eigenvalue weighted by Crippen LogP contribution is 2.46. The van der Waals surface area contributed by atoms with Crippen molar-refractivity contribution in [2.45, 2.75) is 37.7 Å². The summed E-state index contributed by atoms with van der Waals surface area (Å²) in [6.07, 6.45) is 6.15. The van der Waals surface area contributed by atoms with E-state index in [0.29, 0.717) is 17.9 Å². The molecule has 1 aromatic carbocycles. The monoisotopic (exact) mass is 315 g/mol. The van der Waals surface area contributed by atoms with Crippen LogP contribution in [0.1, 0.15) is 41.6 Å². The van der Waals surface area contributed by atoms with Crippen LogP contribution in [-0.4, -0.2) is 41.7 Å². The summed E-state index contributed by atoms with van der Waals surface area (Å²) >= 11 is 0. The number of nitrogens with zero attached hydrogens (tertiary/aromatic N) is 1. The van der Waals surface area contributed by atoms with E-state index in [9.17, 15) is 9.90 Å². The Kier molecular flexibility index (Phi) is 4.44. The van der Waals surface area contributed by atoms with Crippen molar-refractivity contribution < 1.29 is 14.6 Å². The molecule has 1 aliphatic carbocycles. The predicted octanol–water partition coefficient (Wildman–Crippen LogP) is 2.80. The van der Waals surface area contributed by atoms with Crippen molar-refractivity contribution in [3.05, 3.63) is 42.0 Å². The first-order valence-corrected chi connectivity index (χ1v) is 8.37. The fraction of sp³-hybridized carbons (Fsp3) is 0.526. The van der Waals surface area contributed by atoms with Gasteiger partial charge >= 0.3 is 0 Å². The van der Waals surface area contributed by atoms with E-state index in [-0.39, 0.29) is 5.91 Å². The fourth-order valence-electron chi connectivity index (χ4n) is 3.57. The Labute approximate surface area is 137 Å². The van der Waals surface area contributed by atoms with Gasteiger partial charge in [0.2, 0.25) is 0 Å². The molecule has 1 amide bonds. The minimum absolute atomic E-state index is 0.0687. The van der Waals surface area contributed by atoms with Crippen molar-refractivity contribution in [3.8, 4) is 5.75 Å². The average molecular weight is 315 g/mol. The number of hydrogen-bond donors (Lipinski definition) is 1. The summed E-state index contributed by atoms with van der Waals surface area (Å²) in [6.45, 7) is 5.22. The molecule has 1 saturated carbocycles.